The highest BCUT2D eigenvalue weighted by Crippen LogP contribution is 2.22. The Bertz CT molecular complexity index is 600. The molecule has 0 saturated carbocycles. The Morgan fingerprint density at radius 2 is 2.00 bits per heavy atom. The molecule has 0 fully saturated rings. The Morgan fingerprint density at radius 3 is 2.67 bits per heavy atom. The first-order valence-corrected chi connectivity index (χ1v) is 6.95. The molecule has 0 radical (unpaired) electrons. The van der Waals surface area contributed by atoms with Crippen LogP contribution in [0.2, 0.25) is 0 Å². The minimum absolute atomic E-state index is 0.591. The summed E-state index contributed by atoms with van der Waals surface area (Å²) in [4.78, 5) is 15.2. The molecule has 2 rings (SSSR count). The van der Waals surface area contributed by atoms with E-state index in [1.165, 1.54) is 0 Å². The van der Waals surface area contributed by atoms with Crippen LogP contribution in [-0.4, -0.2) is 42.7 Å². The lowest BCUT2D eigenvalue weighted by Crippen LogP contribution is -2.16. The molecular weight excluding hydrogens is 266 g/mol. The average molecular weight is 287 g/mol. The van der Waals surface area contributed by atoms with Crippen LogP contribution in [0.1, 0.15) is 13.3 Å². The van der Waals surface area contributed by atoms with Crippen molar-refractivity contribution in [3.05, 3.63) is 24.3 Å². The zero-order chi connectivity index (χ0) is 15.2. The third-order valence-electron chi connectivity index (χ3n) is 2.88. The van der Waals surface area contributed by atoms with Gasteiger partial charge in [0.1, 0.15) is 5.75 Å². The minimum atomic E-state index is 0.591. The van der Waals surface area contributed by atoms with E-state index >= 15 is 0 Å². The Kier molecular flexibility index (Phi) is 4.92. The Hall–Kier alpha value is -2.37. The van der Waals surface area contributed by atoms with Crippen LogP contribution in [-0.2, 0) is 0 Å². The normalized spacial score (nSPS) is 10.3. The number of aromatic nitrogens is 3. The van der Waals surface area contributed by atoms with E-state index in [1.54, 1.807) is 7.11 Å². The number of benzene rings is 1. The van der Waals surface area contributed by atoms with Gasteiger partial charge in [-0.15, -0.1) is 0 Å². The Labute approximate surface area is 125 Å². The van der Waals surface area contributed by atoms with Gasteiger partial charge >= 0.3 is 0 Å². The molecule has 0 amide bonds. The number of ether oxygens (including phenoxy) is 1. The molecule has 0 atom stereocenters. The predicted molar refractivity (Wildman–Crippen MR) is 84.9 cm³/mol. The summed E-state index contributed by atoms with van der Waals surface area (Å²) in [7, 11) is 5.47. The van der Waals surface area contributed by atoms with E-state index in [1.807, 2.05) is 43.3 Å². The molecule has 6 nitrogen and oxygen atoms in total. The molecule has 21 heavy (non-hydrogen) atoms. The number of hydrogen-bond donors (Lipinski definition) is 1. The highest BCUT2D eigenvalue weighted by atomic mass is 16.5. The van der Waals surface area contributed by atoms with Crippen molar-refractivity contribution in [1.82, 2.24) is 15.0 Å². The van der Waals surface area contributed by atoms with Gasteiger partial charge in [-0.05, 0) is 18.6 Å². The molecule has 112 valence electrons. The molecule has 2 aromatic rings. The molecule has 6 heteroatoms. The molecule has 0 spiro atoms. The fourth-order valence-electron chi connectivity index (χ4n) is 1.77. The van der Waals surface area contributed by atoms with Crippen molar-refractivity contribution in [2.75, 3.05) is 38.0 Å². The van der Waals surface area contributed by atoms with Crippen LogP contribution in [0.15, 0.2) is 24.3 Å². The van der Waals surface area contributed by atoms with Gasteiger partial charge in [-0.1, -0.05) is 19.1 Å². The second-order valence-electron chi connectivity index (χ2n) is 4.84. The summed E-state index contributed by atoms with van der Waals surface area (Å²) < 4.78 is 5.25. The van der Waals surface area contributed by atoms with Gasteiger partial charge in [-0.3, -0.25) is 0 Å². The van der Waals surface area contributed by atoms with Crippen LogP contribution in [0.25, 0.3) is 11.4 Å². The number of anilines is 2. The molecule has 1 heterocycles. The first-order chi connectivity index (χ1) is 10.1. The van der Waals surface area contributed by atoms with Crippen LogP contribution in [0.3, 0.4) is 0 Å². The SMILES string of the molecule is CCCNc1nc(-c2cccc(OC)c2)nc(N(C)C)n1. The maximum absolute atomic E-state index is 5.25. The number of methoxy groups -OCH3 is 1. The molecular formula is C15H21N5O. The number of nitrogens with one attached hydrogen (secondary N) is 1. The van der Waals surface area contributed by atoms with E-state index in [2.05, 4.69) is 27.2 Å². The average Bonchev–Trinajstić information content (AvgIpc) is 2.52. The van der Waals surface area contributed by atoms with Gasteiger partial charge in [0.2, 0.25) is 11.9 Å². The second kappa shape index (κ2) is 6.88. The summed E-state index contributed by atoms with van der Waals surface area (Å²) in [6.45, 7) is 2.93. The summed E-state index contributed by atoms with van der Waals surface area (Å²) >= 11 is 0. The number of hydrogen-bond acceptors (Lipinski definition) is 6. The van der Waals surface area contributed by atoms with Crippen LogP contribution in [0, 0.1) is 0 Å². The summed E-state index contributed by atoms with van der Waals surface area (Å²) in [5.41, 5.74) is 0.902. The fraction of sp³-hybridized carbons (Fsp3) is 0.400. The van der Waals surface area contributed by atoms with Crippen LogP contribution in [0.4, 0.5) is 11.9 Å². The van der Waals surface area contributed by atoms with Crippen LogP contribution < -0.4 is 15.0 Å². The van der Waals surface area contributed by atoms with Crippen molar-refractivity contribution in [3.8, 4) is 17.1 Å². The van der Waals surface area contributed by atoms with Crippen molar-refractivity contribution >= 4 is 11.9 Å². The maximum atomic E-state index is 5.25. The predicted octanol–water partition coefficient (Wildman–Crippen LogP) is 2.44. The largest absolute Gasteiger partial charge is 0.497 e. The fourth-order valence-corrected chi connectivity index (χ4v) is 1.77. The van der Waals surface area contributed by atoms with E-state index in [0.29, 0.717) is 17.7 Å². The molecule has 1 N–H and O–H groups in total. The number of rotatable bonds is 6. The van der Waals surface area contributed by atoms with Crippen molar-refractivity contribution in [1.29, 1.82) is 0 Å². The second-order valence-corrected chi connectivity index (χ2v) is 4.84. The molecule has 0 saturated heterocycles. The van der Waals surface area contributed by atoms with E-state index in [-0.39, 0.29) is 0 Å². The first-order valence-electron chi connectivity index (χ1n) is 6.95. The highest BCUT2D eigenvalue weighted by molar-refractivity contribution is 5.60. The maximum Gasteiger partial charge on any atom is 0.230 e. The molecule has 0 aliphatic carbocycles. The summed E-state index contributed by atoms with van der Waals surface area (Å²) in [6.07, 6.45) is 1.01. The molecule has 0 unspecified atom stereocenters. The van der Waals surface area contributed by atoms with E-state index < -0.39 is 0 Å². The molecule has 0 aliphatic heterocycles. The van der Waals surface area contributed by atoms with Gasteiger partial charge < -0.3 is 15.0 Å². The monoisotopic (exact) mass is 287 g/mol. The Morgan fingerprint density at radius 1 is 1.19 bits per heavy atom. The zero-order valence-electron chi connectivity index (χ0n) is 12.9. The molecule has 0 bridgehead atoms. The minimum Gasteiger partial charge on any atom is -0.497 e. The van der Waals surface area contributed by atoms with Gasteiger partial charge in [-0.25, -0.2) is 0 Å². The molecule has 0 aliphatic rings. The zero-order valence-corrected chi connectivity index (χ0v) is 12.9. The third kappa shape index (κ3) is 3.81. The summed E-state index contributed by atoms with van der Waals surface area (Å²) in [6, 6.07) is 7.69. The molecule has 1 aromatic carbocycles. The van der Waals surface area contributed by atoms with Gasteiger partial charge in [-0.2, -0.15) is 15.0 Å². The van der Waals surface area contributed by atoms with Crippen LogP contribution >= 0.6 is 0 Å². The van der Waals surface area contributed by atoms with Crippen molar-refractivity contribution < 1.29 is 4.74 Å². The molecule has 1 aromatic heterocycles. The quantitative estimate of drug-likeness (QED) is 0.880. The first kappa shape index (κ1) is 15.0. The van der Waals surface area contributed by atoms with Crippen LogP contribution in [0.5, 0.6) is 5.75 Å². The standard InChI is InChI=1S/C15H21N5O/c1-5-9-16-14-17-13(18-15(19-14)20(2)3)11-7-6-8-12(10-11)21-4/h6-8,10H,5,9H2,1-4H3,(H,16,17,18,19). The lowest BCUT2D eigenvalue weighted by atomic mass is 10.2. The highest BCUT2D eigenvalue weighted by Gasteiger charge is 2.10. The number of nitrogens with zero attached hydrogens (tertiary/aromatic N) is 4. The van der Waals surface area contributed by atoms with Gasteiger partial charge in [0, 0.05) is 26.2 Å². The van der Waals surface area contributed by atoms with Crippen molar-refractivity contribution in [2.45, 2.75) is 13.3 Å². The summed E-state index contributed by atoms with van der Waals surface area (Å²) in [5.74, 6) is 2.63. The van der Waals surface area contributed by atoms with Crippen molar-refractivity contribution in [3.63, 3.8) is 0 Å². The van der Waals surface area contributed by atoms with Gasteiger partial charge in [0.05, 0.1) is 7.11 Å². The van der Waals surface area contributed by atoms with E-state index in [0.717, 1.165) is 24.3 Å². The van der Waals surface area contributed by atoms with Gasteiger partial charge in [0.25, 0.3) is 0 Å². The topological polar surface area (TPSA) is 63.2 Å². The van der Waals surface area contributed by atoms with E-state index in [9.17, 15) is 0 Å². The lowest BCUT2D eigenvalue weighted by molar-refractivity contribution is 0.415. The third-order valence-corrected chi connectivity index (χ3v) is 2.88. The van der Waals surface area contributed by atoms with E-state index in [4.69, 9.17) is 4.74 Å². The Balaban J connectivity index is 2.43. The van der Waals surface area contributed by atoms with Gasteiger partial charge in [0.15, 0.2) is 5.82 Å². The lowest BCUT2D eigenvalue weighted by Gasteiger charge is -2.13. The smallest absolute Gasteiger partial charge is 0.230 e. The van der Waals surface area contributed by atoms with Crippen molar-refractivity contribution in [2.24, 2.45) is 0 Å². The summed E-state index contributed by atoms with van der Waals surface area (Å²) in [5, 5.41) is 3.21.